The smallest absolute Gasteiger partial charge is 0.222 e. The van der Waals surface area contributed by atoms with Crippen LogP contribution in [0, 0.1) is 11.6 Å². The maximum absolute atomic E-state index is 14.4. The molecule has 0 spiro atoms. The van der Waals surface area contributed by atoms with E-state index in [0.29, 0.717) is 25.3 Å². The molecule has 1 aliphatic heterocycles. The molecule has 0 aliphatic carbocycles. The zero-order valence-corrected chi connectivity index (χ0v) is 17.0. The van der Waals surface area contributed by atoms with Crippen molar-refractivity contribution in [1.82, 2.24) is 10.6 Å². The molecule has 1 amide bonds. The first-order valence-electron chi connectivity index (χ1n) is 8.76. The second kappa shape index (κ2) is 10.8. The van der Waals surface area contributed by atoms with Crippen molar-refractivity contribution in [3.63, 3.8) is 0 Å². The molecule has 0 saturated carbocycles. The van der Waals surface area contributed by atoms with Crippen molar-refractivity contribution in [3.05, 3.63) is 65.2 Å². The number of carbonyl (C=O) groups excluding carboxylic acids is 1. The van der Waals surface area contributed by atoms with Crippen LogP contribution in [0.1, 0.15) is 23.6 Å². The summed E-state index contributed by atoms with van der Waals surface area (Å²) < 4.78 is 33.6. The van der Waals surface area contributed by atoms with Crippen LogP contribution in [-0.4, -0.2) is 38.0 Å². The Morgan fingerprint density at radius 2 is 2.14 bits per heavy atom. The lowest BCUT2D eigenvalue weighted by atomic mass is 9.97. The number of benzene rings is 2. The fraction of sp³-hybridized carbons (Fsp3) is 0.350. The van der Waals surface area contributed by atoms with Gasteiger partial charge in [0, 0.05) is 29.5 Å². The topological polar surface area (TPSA) is 50.4 Å². The molecule has 0 radical (unpaired) electrons. The maximum atomic E-state index is 14.4. The van der Waals surface area contributed by atoms with E-state index in [1.54, 1.807) is 17.8 Å². The minimum Gasteiger partial charge on any atom is -0.378 e. The lowest BCUT2D eigenvalue weighted by Gasteiger charge is -2.25. The number of morpholine rings is 1. The molecule has 28 heavy (non-hydrogen) atoms. The van der Waals surface area contributed by atoms with Gasteiger partial charge >= 0.3 is 0 Å². The van der Waals surface area contributed by atoms with Gasteiger partial charge in [0.2, 0.25) is 5.91 Å². The van der Waals surface area contributed by atoms with Crippen LogP contribution < -0.4 is 10.6 Å². The highest BCUT2D eigenvalue weighted by Crippen LogP contribution is 2.28. The number of nitrogens with one attached hydrogen (secondary N) is 2. The van der Waals surface area contributed by atoms with Crippen molar-refractivity contribution >= 4 is 30.1 Å². The van der Waals surface area contributed by atoms with Gasteiger partial charge in [-0.2, -0.15) is 0 Å². The summed E-state index contributed by atoms with van der Waals surface area (Å²) in [6.45, 7) is 1.76. The predicted molar refractivity (Wildman–Crippen MR) is 109 cm³/mol. The Bertz CT molecular complexity index is 804. The molecule has 0 bridgehead atoms. The molecule has 2 unspecified atom stereocenters. The van der Waals surface area contributed by atoms with Gasteiger partial charge in [-0.1, -0.05) is 12.1 Å². The van der Waals surface area contributed by atoms with Crippen molar-refractivity contribution in [1.29, 1.82) is 0 Å². The molecule has 4 nitrogen and oxygen atoms in total. The van der Waals surface area contributed by atoms with Gasteiger partial charge in [0.1, 0.15) is 11.6 Å². The maximum Gasteiger partial charge on any atom is 0.222 e. The SMILES string of the molecule is CSc1cccc(C(NC(=O)CC2COCCN2)c2cc(F)ccc2F)c1.Cl. The predicted octanol–water partition coefficient (Wildman–Crippen LogP) is 3.69. The normalized spacial score (nSPS) is 17.5. The number of amides is 1. The standard InChI is InChI=1S/C20H22F2N2O2S.ClH/c1-27-16-4-2-3-13(9-16)20(17-10-14(21)5-6-18(17)22)24-19(25)11-15-12-26-8-7-23-15;/h2-6,9-10,15,20,23H,7-8,11-12H2,1H3,(H,24,25);1H. The summed E-state index contributed by atoms with van der Waals surface area (Å²) in [6, 6.07) is 9.87. The fourth-order valence-corrected chi connectivity index (χ4v) is 3.56. The summed E-state index contributed by atoms with van der Waals surface area (Å²) in [7, 11) is 0. The largest absolute Gasteiger partial charge is 0.378 e. The molecule has 2 aromatic rings. The highest BCUT2D eigenvalue weighted by molar-refractivity contribution is 7.98. The third-order valence-corrected chi connectivity index (χ3v) is 5.16. The monoisotopic (exact) mass is 428 g/mol. The summed E-state index contributed by atoms with van der Waals surface area (Å²) >= 11 is 1.54. The number of rotatable bonds is 6. The Morgan fingerprint density at radius 1 is 1.32 bits per heavy atom. The molecule has 1 aliphatic rings. The summed E-state index contributed by atoms with van der Waals surface area (Å²) in [5, 5.41) is 6.08. The molecular formula is C20H23ClF2N2O2S. The van der Waals surface area contributed by atoms with Crippen LogP contribution in [0.25, 0.3) is 0 Å². The number of hydrogen-bond donors (Lipinski definition) is 2. The molecule has 2 atom stereocenters. The zero-order chi connectivity index (χ0) is 19.2. The average Bonchev–Trinajstić information content (AvgIpc) is 2.69. The lowest BCUT2D eigenvalue weighted by Crippen LogP contribution is -2.44. The van der Waals surface area contributed by atoms with E-state index in [9.17, 15) is 13.6 Å². The van der Waals surface area contributed by atoms with Gasteiger partial charge < -0.3 is 15.4 Å². The number of carbonyl (C=O) groups is 1. The van der Waals surface area contributed by atoms with Crippen LogP contribution in [0.5, 0.6) is 0 Å². The Balaban J connectivity index is 0.00000280. The highest BCUT2D eigenvalue weighted by Gasteiger charge is 2.24. The molecule has 1 heterocycles. The van der Waals surface area contributed by atoms with Gasteiger partial charge in [-0.15, -0.1) is 24.2 Å². The molecule has 3 rings (SSSR count). The van der Waals surface area contributed by atoms with E-state index in [0.717, 1.165) is 23.1 Å². The van der Waals surface area contributed by atoms with Crippen LogP contribution in [0.4, 0.5) is 8.78 Å². The summed E-state index contributed by atoms with van der Waals surface area (Å²) in [5.74, 6) is -1.36. The molecule has 2 aromatic carbocycles. The van der Waals surface area contributed by atoms with Crippen molar-refractivity contribution in [2.24, 2.45) is 0 Å². The molecule has 8 heteroatoms. The van der Waals surface area contributed by atoms with Crippen LogP contribution in [0.15, 0.2) is 47.4 Å². The van der Waals surface area contributed by atoms with E-state index < -0.39 is 17.7 Å². The minimum absolute atomic E-state index is 0. The van der Waals surface area contributed by atoms with Crippen molar-refractivity contribution in [2.75, 3.05) is 26.0 Å². The van der Waals surface area contributed by atoms with E-state index in [1.165, 1.54) is 0 Å². The van der Waals surface area contributed by atoms with Crippen LogP contribution in [-0.2, 0) is 9.53 Å². The highest BCUT2D eigenvalue weighted by atomic mass is 35.5. The number of thioether (sulfide) groups is 1. The molecule has 1 fully saturated rings. The molecule has 152 valence electrons. The molecule has 2 N–H and O–H groups in total. The first-order valence-corrected chi connectivity index (χ1v) is 9.98. The van der Waals surface area contributed by atoms with Gasteiger partial charge in [-0.3, -0.25) is 4.79 Å². The Morgan fingerprint density at radius 3 is 2.86 bits per heavy atom. The van der Waals surface area contributed by atoms with Gasteiger partial charge in [0.05, 0.1) is 19.3 Å². The van der Waals surface area contributed by atoms with E-state index >= 15 is 0 Å². The minimum atomic E-state index is -0.773. The summed E-state index contributed by atoms with van der Waals surface area (Å²) in [6.07, 6.45) is 2.14. The van der Waals surface area contributed by atoms with E-state index in [2.05, 4.69) is 10.6 Å². The van der Waals surface area contributed by atoms with Gasteiger partial charge in [-0.25, -0.2) is 8.78 Å². The molecule has 0 aromatic heterocycles. The van der Waals surface area contributed by atoms with E-state index in [-0.39, 0.29) is 36.3 Å². The Hall–Kier alpha value is -1.67. The third kappa shape index (κ3) is 5.91. The van der Waals surface area contributed by atoms with Crippen LogP contribution in [0.3, 0.4) is 0 Å². The quantitative estimate of drug-likeness (QED) is 0.689. The van der Waals surface area contributed by atoms with Gasteiger partial charge in [0.15, 0.2) is 0 Å². The second-order valence-corrected chi connectivity index (χ2v) is 7.25. The third-order valence-electron chi connectivity index (χ3n) is 4.43. The summed E-state index contributed by atoms with van der Waals surface area (Å²) in [4.78, 5) is 13.6. The van der Waals surface area contributed by atoms with Gasteiger partial charge in [0.25, 0.3) is 0 Å². The van der Waals surface area contributed by atoms with Crippen molar-refractivity contribution < 1.29 is 18.3 Å². The summed E-state index contributed by atoms with van der Waals surface area (Å²) in [5.41, 5.74) is 0.807. The van der Waals surface area contributed by atoms with Gasteiger partial charge in [-0.05, 0) is 42.2 Å². The first-order chi connectivity index (χ1) is 13.1. The fourth-order valence-electron chi connectivity index (χ4n) is 3.09. The van der Waals surface area contributed by atoms with Crippen LogP contribution >= 0.6 is 24.2 Å². The zero-order valence-electron chi connectivity index (χ0n) is 15.4. The Labute approximate surface area is 173 Å². The average molecular weight is 429 g/mol. The lowest BCUT2D eigenvalue weighted by molar-refractivity contribution is -0.122. The number of ether oxygens (including phenoxy) is 1. The molecular weight excluding hydrogens is 406 g/mol. The second-order valence-electron chi connectivity index (χ2n) is 6.37. The number of halogens is 3. The van der Waals surface area contributed by atoms with E-state index in [4.69, 9.17) is 4.74 Å². The molecule has 1 saturated heterocycles. The van der Waals surface area contributed by atoms with E-state index in [1.807, 2.05) is 24.5 Å². The van der Waals surface area contributed by atoms with Crippen LogP contribution in [0.2, 0.25) is 0 Å². The van der Waals surface area contributed by atoms with Crippen molar-refractivity contribution in [2.45, 2.75) is 23.4 Å². The van der Waals surface area contributed by atoms with Crippen molar-refractivity contribution in [3.8, 4) is 0 Å². The number of hydrogen-bond acceptors (Lipinski definition) is 4. The Kier molecular flexibility index (Phi) is 8.69. The first kappa shape index (κ1) is 22.6.